The molecule has 128 valence electrons. The molecule has 1 aliphatic rings. The highest BCUT2D eigenvalue weighted by Gasteiger charge is 2.21. The van der Waals surface area contributed by atoms with Crippen LogP contribution in [0.4, 0.5) is 0 Å². The van der Waals surface area contributed by atoms with Crippen LogP contribution in [0.2, 0.25) is 0 Å². The Morgan fingerprint density at radius 2 is 1.96 bits per heavy atom. The number of fused-ring (bicyclic) bond motifs is 2. The third-order valence-corrected chi connectivity index (χ3v) is 5.73. The zero-order valence-corrected chi connectivity index (χ0v) is 14.6. The summed E-state index contributed by atoms with van der Waals surface area (Å²) in [5.74, 6) is 0.0580. The van der Waals surface area contributed by atoms with Crippen LogP contribution in [0, 0.1) is 5.92 Å². The predicted molar refractivity (Wildman–Crippen MR) is 96.7 cm³/mol. The quantitative estimate of drug-likeness (QED) is 0.690. The Balaban J connectivity index is 1.42. The molecule has 0 radical (unpaired) electrons. The minimum absolute atomic E-state index is 0.167. The van der Waals surface area contributed by atoms with Gasteiger partial charge in [0.1, 0.15) is 5.58 Å². The van der Waals surface area contributed by atoms with E-state index in [0.29, 0.717) is 16.4 Å². The molecule has 3 aromatic rings. The van der Waals surface area contributed by atoms with Crippen LogP contribution in [-0.4, -0.2) is 11.8 Å². The van der Waals surface area contributed by atoms with E-state index in [-0.39, 0.29) is 11.7 Å². The van der Waals surface area contributed by atoms with Gasteiger partial charge in [0.05, 0.1) is 4.88 Å². The minimum atomic E-state index is -0.473. The van der Waals surface area contributed by atoms with Crippen LogP contribution >= 0.6 is 11.3 Å². The van der Waals surface area contributed by atoms with Crippen LogP contribution in [0.1, 0.15) is 44.0 Å². The number of hydrogen-bond donors (Lipinski definition) is 2. The first-order chi connectivity index (χ1) is 12.1. The van der Waals surface area contributed by atoms with Crippen molar-refractivity contribution in [2.75, 3.05) is 0 Å². The first kappa shape index (κ1) is 15.9. The van der Waals surface area contributed by atoms with E-state index in [9.17, 15) is 9.59 Å². The molecule has 2 aromatic heterocycles. The second-order valence-corrected chi connectivity index (χ2v) is 7.60. The summed E-state index contributed by atoms with van der Waals surface area (Å²) in [6.07, 6.45) is 3.21. The Morgan fingerprint density at radius 1 is 1.16 bits per heavy atom. The zero-order chi connectivity index (χ0) is 17.4. The smallest absolute Gasteiger partial charge is 0.305 e. The first-order valence-corrected chi connectivity index (χ1v) is 9.12. The van der Waals surface area contributed by atoms with Gasteiger partial charge >= 0.3 is 5.91 Å². The Kier molecular flexibility index (Phi) is 4.05. The number of benzene rings is 1. The normalized spacial score (nSPS) is 16.4. The average molecular weight is 354 g/mol. The molecule has 1 aromatic carbocycles. The van der Waals surface area contributed by atoms with Crippen LogP contribution in [0.25, 0.3) is 11.0 Å². The highest BCUT2D eigenvalue weighted by molar-refractivity contribution is 7.14. The van der Waals surface area contributed by atoms with Crippen molar-refractivity contribution < 1.29 is 14.0 Å². The molecule has 25 heavy (non-hydrogen) atoms. The van der Waals surface area contributed by atoms with E-state index >= 15 is 0 Å². The molecule has 1 atom stereocenters. The lowest BCUT2D eigenvalue weighted by molar-refractivity contribution is 0.0834. The van der Waals surface area contributed by atoms with Crippen LogP contribution < -0.4 is 10.9 Å². The number of thiophene rings is 1. The lowest BCUT2D eigenvalue weighted by atomic mass is 9.90. The van der Waals surface area contributed by atoms with Crippen molar-refractivity contribution >= 4 is 34.1 Å². The van der Waals surface area contributed by atoms with Gasteiger partial charge in [-0.05, 0) is 48.9 Å². The molecular weight excluding hydrogens is 336 g/mol. The predicted octanol–water partition coefficient (Wildman–Crippen LogP) is 3.69. The largest absolute Gasteiger partial charge is 0.451 e. The average Bonchev–Trinajstić information content (AvgIpc) is 3.22. The number of furan rings is 1. The summed E-state index contributed by atoms with van der Waals surface area (Å²) < 4.78 is 5.49. The molecule has 2 amide bonds. The maximum Gasteiger partial charge on any atom is 0.305 e. The van der Waals surface area contributed by atoms with E-state index in [1.807, 2.05) is 24.3 Å². The van der Waals surface area contributed by atoms with Crippen LogP contribution in [-0.2, 0) is 12.8 Å². The van der Waals surface area contributed by atoms with Crippen molar-refractivity contribution in [1.29, 1.82) is 0 Å². The molecular formula is C19H18N2O3S. The molecule has 0 fully saturated rings. The monoisotopic (exact) mass is 354 g/mol. The molecule has 4 rings (SSSR count). The van der Waals surface area contributed by atoms with Crippen molar-refractivity contribution in [3.63, 3.8) is 0 Å². The van der Waals surface area contributed by atoms with Crippen molar-refractivity contribution in [2.45, 2.75) is 26.2 Å². The second kappa shape index (κ2) is 6.37. The summed E-state index contributed by atoms with van der Waals surface area (Å²) in [6.45, 7) is 2.23. The van der Waals surface area contributed by atoms with Crippen LogP contribution in [0.3, 0.4) is 0 Å². The third kappa shape index (κ3) is 3.17. The molecule has 0 saturated carbocycles. The summed E-state index contributed by atoms with van der Waals surface area (Å²) in [5, 5.41) is 0.846. The maximum absolute atomic E-state index is 12.3. The summed E-state index contributed by atoms with van der Waals surface area (Å²) in [5.41, 5.74) is 6.80. The van der Waals surface area contributed by atoms with Crippen LogP contribution in [0.5, 0.6) is 0 Å². The molecule has 0 saturated heterocycles. The van der Waals surface area contributed by atoms with Gasteiger partial charge in [0.2, 0.25) is 0 Å². The number of hydrogen-bond acceptors (Lipinski definition) is 4. The van der Waals surface area contributed by atoms with E-state index in [4.69, 9.17) is 4.42 Å². The van der Waals surface area contributed by atoms with Gasteiger partial charge in [-0.3, -0.25) is 20.4 Å². The highest BCUT2D eigenvalue weighted by atomic mass is 32.1. The summed E-state index contributed by atoms with van der Waals surface area (Å²) in [7, 11) is 0. The molecule has 1 aliphatic carbocycles. The standard InChI is InChI=1S/C19H18N2O3S/c1-11-6-7-16-13(8-11)10-17(25-16)19(23)21-20-18(22)15-9-12-4-2-3-5-14(12)24-15/h2-5,9-11H,6-8H2,1H3,(H,20,22)(H,21,23). The van der Waals surface area contributed by atoms with Crippen LogP contribution in [0.15, 0.2) is 40.8 Å². The number of nitrogens with one attached hydrogen (secondary N) is 2. The summed E-state index contributed by atoms with van der Waals surface area (Å²) in [4.78, 5) is 26.4. The third-order valence-electron chi connectivity index (χ3n) is 4.49. The van der Waals surface area contributed by atoms with Crippen molar-refractivity contribution in [3.05, 3.63) is 57.5 Å². The van der Waals surface area contributed by atoms with E-state index in [0.717, 1.165) is 24.6 Å². The lowest BCUT2D eigenvalue weighted by Crippen LogP contribution is -2.41. The topological polar surface area (TPSA) is 71.3 Å². The first-order valence-electron chi connectivity index (χ1n) is 8.31. The van der Waals surface area contributed by atoms with E-state index in [2.05, 4.69) is 17.8 Å². The molecule has 1 unspecified atom stereocenters. The molecule has 2 N–H and O–H groups in total. The molecule has 6 heteroatoms. The van der Waals surface area contributed by atoms with Crippen molar-refractivity contribution in [1.82, 2.24) is 10.9 Å². The number of carbonyl (C=O) groups is 2. The van der Waals surface area contributed by atoms with Gasteiger partial charge in [0.15, 0.2) is 5.76 Å². The number of para-hydroxylation sites is 1. The second-order valence-electron chi connectivity index (χ2n) is 6.46. The van der Waals surface area contributed by atoms with E-state index in [1.165, 1.54) is 21.8 Å². The fourth-order valence-electron chi connectivity index (χ4n) is 3.15. The summed E-state index contributed by atoms with van der Waals surface area (Å²) >= 11 is 1.51. The number of hydrazine groups is 1. The molecule has 2 heterocycles. The zero-order valence-electron chi connectivity index (χ0n) is 13.8. The van der Waals surface area contributed by atoms with Crippen molar-refractivity contribution in [3.8, 4) is 0 Å². The molecule has 5 nitrogen and oxygen atoms in total. The lowest BCUT2D eigenvalue weighted by Gasteiger charge is -2.16. The maximum atomic E-state index is 12.3. The molecule has 0 bridgehead atoms. The number of aryl methyl sites for hydroxylation is 1. The van der Waals surface area contributed by atoms with Gasteiger partial charge < -0.3 is 4.42 Å². The van der Waals surface area contributed by atoms with E-state index in [1.54, 1.807) is 12.1 Å². The van der Waals surface area contributed by atoms with Gasteiger partial charge in [-0.2, -0.15) is 0 Å². The van der Waals surface area contributed by atoms with E-state index < -0.39 is 5.91 Å². The Bertz CT molecular complexity index is 924. The molecule has 0 spiro atoms. The number of rotatable bonds is 2. The fraction of sp³-hybridized carbons (Fsp3) is 0.263. The fourth-order valence-corrected chi connectivity index (χ4v) is 4.25. The highest BCUT2D eigenvalue weighted by Crippen LogP contribution is 2.32. The van der Waals surface area contributed by atoms with Gasteiger partial charge in [0, 0.05) is 10.3 Å². The van der Waals surface area contributed by atoms with Gasteiger partial charge in [0.25, 0.3) is 5.91 Å². The molecule has 0 aliphatic heterocycles. The Hall–Kier alpha value is -2.60. The van der Waals surface area contributed by atoms with Gasteiger partial charge in [-0.25, -0.2) is 0 Å². The number of carbonyl (C=O) groups excluding carboxylic acids is 2. The summed E-state index contributed by atoms with van der Waals surface area (Å²) in [6, 6.07) is 11.0. The Labute approximate surface area is 149 Å². The SMILES string of the molecule is CC1CCc2sc(C(=O)NNC(=O)c3cc4ccccc4o3)cc2C1. The number of amides is 2. The van der Waals surface area contributed by atoms with Crippen molar-refractivity contribution in [2.24, 2.45) is 5.92 Å². The minimum Gasteiger partial charge on any atom is -0.451 e. The van der Waals surface area contributed by atoms with Gasteiger partial charge in [-0.1, -0.05) is 25.1 Å². The van der Waals surface area contributed by atoms with Gasteiger partial charge in [-0.15, -0.1) is 11.3 Å². The Morgan fingerprint density at radius 3 is 2.80 bits per heavy atom.